The number of halogens is 1. The van der Waals surface area contributed by atoms with Crippen molar-refractivity contribution < 1.29 is 4.42 Å². The molecule has 0 atom stereocenters. The molecule has 0 aliphatic heterocycles. The lowest BCUT2D eigenvalue weighted by atomic mass is 10.2. The van der Waals surface area contributed by atoms with E-state index in [1.165, 1.54) is 0 Å². The molecule has 3 rings (SSSR count). The van der Waals surface area contributed by atoms with Gasteiger partial charge in [-0.15, -0.1) is 11.3 Å². The summed E-state index contributed by atoms with van der Waals surface area (Å²) >= 11 is 4.90. The first kappa shape index (κ1) is 9.12. The second kappa shape index (κ2) is 3.47. The zero-order chi connectivity index (χ0) is 10.3. The summed E-state index contributed by atoms with van der Waals surface area (Å²) in [4.78, 5) is 4.32. The van der Waals surface area contributed by atoms with Crippen LogP contribution in [0, 0.1) is 0 Å². The molecule has 74 valence electrons. The van der Waals surface area contributed by atoms with Crippen molar-refractivity contribution in [1.29, 1.82) is 0 Å². The maximum absolute atomic E-state index is 5.69. The van der Waals surface area contributed by atoms with Crippen molar-refractivity contribution >= 4 is 38.2 Å². The highest BCUT2D eigenvalue weighted by atomic mass is 79.9. The molecule has 0 saturated carbocycles. The zero-order valence-corrected chi connectivity index (χ0v) is 10.0. The maximum Gasteiger partial charge on any atom is 0.164 e. The van der Waals surface area contributed by atoms with Crippen LogP contribution in [-0.2, 0) is 0 Å². The molecule has 0 unspecified atom stereocenters. The lowest BCUT2D eigenvalue weighted by Crippen LogP contribution is -1.68. The van der Waals surface area contributed by atoms with E-state index in [0.29, 0.717) is 0 Å². The van der Waals surface area contributed by atoms with Crippen LogP contribution in [0.5, 0.6) is 0 Å². The van der Waals surface area contributed by atoms with E-state index < -0.39 is 0 Å². The number of fused-ring (bicyclic) bond motifs is 1. The SMILES string of the molecule is Brc1csc(-c2cc3ccccc3o2)n1. The van der Waals surface area contributed by atoms with Crippen LogP contribution in [0.15, 0.2) is 44.7 Å². The molecule has 0 fully saturated rings. The van der Waals surface area contributed by atoms with E-state index in [9.17, 15) is 0 Å². The van der Waals surface area contributed by atoms with Gasteiger partial charge in [0, 0.05) is 10.8 Å². The molecule has 1 aromatic carbocycles. The lowest BCUT2D eigenvalue weighted by Gasteiger charge is -1.86. The topological polar surface area (TPSA) is 26.0 Å². The molecule has 2 nitrogen and oxygen atoms in total. The second-order valence-corrected chi connectivity index (χ2v) is 4.79. The molecule has 3 aromatic rings. The van der Waals surface area contributed by atoms with Gasteiger partial charge in [-0.05, 0) is 28.1 Å². The van der Waals surface area contributed by atoms with E-state index in [2.05, 4.69) is 20.9 Å². The van der Waals surface area contributed by atoms with Crippen LogP contribution in [0.25, 0.3) is 21.7 Å². The number of furan rings is 1. The van der Waals surface area contributed by atoms with Gasteiger partial charge in [-0.3, -0.25) is 0 Å². The molecular formula is C11H6BrNOS. The van der Waals surface area contributed by atoms with E-state index in [0.717, 1.165) is 26.3 Å². The highest BCUT2D eigenvalue weighted by molar-refractivity contribution is 9.10. The average Bonchev–Trinajstić information content (AvgIpc) is 2.82. The fourth-order valence-electron chi connectivity index (χ4n) is 1.45. The normalized spacial score (nSPS) is 11.0. The van der Waals surface area contributed by atoms with Gasteiger partial charge in [0.2, 0.25) is 0 Å². The molecule has 0 N–H and O–H groups in total. The third-order valence-corrected chi connectivity index (χ3v) is 3.68. The lowest BCUT2D eigenvalue weighted by molar-refractivity contribution is 0.631. The van der Waals surface area contributed by atoms with Crippen molar-refractivity contribution in [3.63, 3.8) is 0 Å². The van der Waals surface area contributed by atoms with Crippen LogP contribution >= 0.6 is 27.3 Å². The molecule has 4 heteroatoms. The minimum atomic E-state index is 0.826. The number of para-hydroxylation sites is 1. The molecule has 0 aliphatic rings. The molecule has 2 aromatic heterocycles. The van der Waals surface area contributed by atoms with E-state index in [1.54, 1.807) is 11.3 Å². The predicted molar refractivity (Wildman–Crippen MR) is 65.0 cm³/mol. The van der Waals surface area contributed by atoms with Crippen molar-refractivity contribution in [2.45, 2.75) is 0 Å². The molecule has 2 heterocycles. The molecule has 0 amide bonds. The third kappa shape index (κ3) is 1.60. The zero-order valence-electron chi connectivity index (χ0n) is 7.61. The number of aromatic nitrogens is 1. The van der Waals surface area contributed by atoms with E-state index in [-0.39, 0.29) is 0 Å². The Hall–Kier alpha value is -1.13. The summed E-state index contributed by atoms with van der Waals surface area (Å²) in [6.07, 6.45) is 0. The van der Waals surface area contributed by atoms with Crippen LogP contribution in [0.1, 0.15) is 0 Å². The van der Waals surface area contributed by atoms with Crippen LogP contribution < -0.4 is 0 Å². The highest BCUT2D eigenvalue weighted by Crippen LogP contribution is 2.30. The molecule has 0 aliphatic carbocycles. The third-order valence-electron chi connectivity index (χ3n) is 2.11. The van der Waals surface area contributed by atoms with Gasteiger partial charge in [0.25, 0.3) is 0 Å². The standard InChI is InChI=1S/C11H6BrNOS/c12-10-6-15-11(13-10)9-5-7-3-1-2-4-8(7)14-9/h1-6H. The van der Waals surface area contributed by atoms with Gasteiger partial charge in [-0.1, -0.05) is 18.2 Å². The van der Waals surface area contributed by atoms with Gasteiger partial charge < -0.3 is 4.42 Å². The van der Waals surface area contributed by atoms with Gasteiger partial charge >= 0.3 is 0 Å². The fourth-order valence-corrected chi connectivity index (χ4v) is 2.66. The largest absolute Gasteiger partial charge is 0.454 e. The first-order chi connectivity index (χ1) is 7.33. The van der Waals surface area contributed by atoms with E-state index in [4.69, 9.17) is 4.42 Å². The summed E-state index contributed by atoms with van der Waals surface area (Å²) in [6.45, 7) is 0. The summed E-state index contributed by atoms with van der Waals surface area (Å²) in [5, 5.41) is 3.96. The number of nitrogens with zero attached hydrogens (tertiary/aromatic N) is 1. The Morgan fingerprint density at radius 1 is 1.27 bits per heavy atom. The molecule has 0 saturated heterocycles. The highest BCUT2D eigenvalue weighted by Gasteiger charge is 2.08. The van der Waals surface area contributed by atoms with Crippen LogP contribution in [-0.4, -0.2) is 4.98 Å². The van der Waals surface area contributed by atoms with Gasteiger partial charge in [0.05, 0.1) is 0 Å². The van der Waals surface area contributed by atoms with Gasteiger partial charge in [0.15, 0.2) is 10.8 Å². The average molecular weight is 280 g/mol. The van der Waals surface area contributed by atoms with Crippen molar-refractivity contribution in [3.05, 3.63) is 40.3 Å². The number of hydrogen-bond donors (Lipinski definition) is 0. The molecule has 15 heavy (non-hydrogen) atoms. The minimum Gasteiger partial charge on any atom is -0.454 e. The Morgan fingerprint density at radius 2 is 2.13 bits per heavy atom. The Labute approximate surface area is 98.7 Å². The molecular weight excluding hydrogens is 274 g/mol. The number of benzene rings is 1. The monoisotopic (exact) mass is 279 g/mol. The van der Waals surface area contributed by atoms with Crippen LogP contribution in [0.2, 0.25) is 0 Å². The summed E-state index contributed by atoms with van der Waals surface area (Å²) in [5.74, 6) is 0.826. The van der Waals surface area contributed by atoms with E-state index >= 15 is 0 Å². The van der Waals surface area contributed by atoms with Gasteiger partial charge in [0.1, 0.15) is 10.2 Å². The quantitative estimate of drug-likeness (QED) is 0.663. The molecule has 0 spiro atoms. The Kier molecular flexibility index (Phi) is 2.11. The minimum absolute atomic E-state index is 0.826. The van der Waals surface area contributed by atoms with Crippen molar-refractivity contribution in [2.24, 2.45) is 0 Å². The van der Waals surface area contributed by atoms with E-state index in [1.807, 2.05) is 35.7 Å². The van der Waals surface area contributed by atoms with Crippen LogP contribution in [0.3, 0.4) is 0 Å². The van der Waals surface area contributed by atoms with Crippen molar-refractivity contribution in [1.82, 2.24) is 4.98 Å². The predicted octanol–water partition coefficient (Wildman–Crippen LogP) is 4.32. The Bertz CT molecular complexity index is 581. The molecule has 0 radical (unpaired) electrons. The fraction of sp³-hybridized carbons (Fsp3) is 0. The number of rotatable bonds is 1. The van der Waals surface area contributed by atoms with Crippen molar-refractivity contribution in [3.8, 4) is 10.8 Å². The Balaban J connectivity index is 2.19. The Morgan fingerprint density at radius 3 is 2.87 bits per heavy atom. The van der Waals surface area contributed by atoms with Crippen molar-refractivity contribution in [2.75, 3.05) is 0 Å². The summed E-state index contributed by atoms with van der Waals surface area (Å²) in [6, 6.07) is 9.97. The summed E-state index contributed by atoms with van der Waals surface area (Å²) in [5.41, 5.74) is 0.902. The number of thiazole rings is 1. The smallest absolute Gasteiger partial charge is 0.164 e. The maximum atomic E-state index is 5.69. The van der Waals surface area contributed by atoms with Gasteiger partial charge in [-0.2, -0.15) is 0 Å². The van der Waals surface area contributed by atoms with Crippen LogP contribution in [0.4, 0.5) is 0 Å². The first-order valence-corrected chi connectivity index (χ1v) is 6.10. The first-order valence-electron chi connectivity index (χ1n) is 4.43. The summed E-state index contributed by atoms with van der Waals surface area (Å²) in [7, 11) is 0. The molecule has 0 bridgehead atoms. The second-order valence-electron chi connectivity index (χ2n) is 3.12. The number of hydrogen-bond acceptors (Lipinski definition) is 3. The van der Waals surface area contributed by atoms with Gasteiger partial charge in [-0.25, -0.2) is 4.98 Å². The summed E-state index contributed by atoms with van der Waals surface area (Å²) < 4.78 is 6.54.